The molecule has 2 aliphatic rings. The van der Waals surface area contributed by atoms with E-state index in [1.807, 2.05) is 6.92 Å². The Balaban J connectivity index is 1.81. The number of rotatable bonds is 2. The summed E-state index contributed by atoms with van der Waals surface area (Å²) < 4.78 is 0. The van der Waals surface area contributed by atoms with Crippen LogP contribution in [0.1, 0.15) is 32.6 Å². The van der Waals surface area contributed by atoms with Crippen molar-refractivity contribution in [3.05, 3.63) is 0 Å². The van der Waals surface area contributed by atoms with Crippen LogP contribution in [0.5, 0.6) is 0 Å². The summed E-state index contributed by atoms with van der Waals surface area (Å²) in [5, 5.41) is 6.07. The number of amides is 2. The van der Waals surface area contributed by atoms with Gasteiger partial charge in [-0.2, -0.15) is 0 Å². The molecule has 0 spiro atoms. The highest BCUT2D eigenvalue weighted by molar-refractivity contribution is 6.35. The fourth-order valence-corrected chi connectivity index (χ4v) is 2.52. The third-order valence-corrected chi connectivity index (χ3v) is 4.04. The highest BCUT2D eigenvalue weighted by atomic mass is 16.2. The number of hydrogen-bond acceptors (Lipinski definition) is 3. The molecule has 5 nitrogen and oxygen atoms in total. The minimum atomic E-state index is -0.434. The standard InChI is InChI=1S/C13H23N3O2/c1-10(11-4-2-5-11)15-12(17)13(18)16-8-3-6-14-7-9-16/h10-11,14H,2-9H2,1H3,(H,15,17). The minimum absolute atomic E-state index is 0.125. The van der Waals surface area contributed by atoms with Crippen LogP contribution in [-0.4, -0.2) is 48.9 Å². The molecule has 18 heavy (non-hydrogen) atoms. The van der Waals surface area contributed by atoms with Crippen molar-refractivity contribution < 1.29 is 9.59 Å². The first-order chi connectivity index (χ1) is 8.68. The Morgan fingerprint density at radius 2 is 2.00 bits per heavy atom. The Kier molecular flexibility index (Phi) is 4.58. The Hall–Kier alpha value is -1.10. The van der Waals surface area contributed by atoms with E-state index in [4.69, 9.17) is 0 Å². The minimum Gasteiger partial charge on any atom is -0.345 e. The molecule has 0 aromatic carbocycles. The van der Waals surface area contributed by atoms with Crippen molar-refractivity contribution in [2.24, 2.45) is 5.92 Å². The molecule has 2 rings (SSSR count). The van der Waals surface area contributed by atoms with E-state index < -0.39 is 5.91 Å². The molecule has 0 aromatic rings. The van der Waals surface area contributed by atoms with Crippen molar-refractivity contribution in [3.63, 3.8) is 0 Å². The summed E-state index contributed by atoms with van der Waals surface area (Å²) in [5.41, 5.74) is 0. The Morgan fingerprint density at radius 1 is 1.22 bits per heavy atom. The second-order valence-corrected chi connectivity index (χ2v) is 5.35. The van der Waals surface area contributed by atoms with E-state index >= 15 is 0 Å². The smallest absolute Gasteiger partial charge is 0.311 e. The molecule has 5 heteroatoms. The molecule has 1 saturated carbocycles. The van der Waals surface area contributed by atoms with E-state index in [1.165, 1.54) is 19.3 Å². The predicted octanol–water partition coefficient (Wildman–Crippen LogP) is 0.113. The van der Waals surface area contributed by atoms with E-state index in [0.717, 1.165) is 19.5 Å². The zero-order valence-corrected chi connectivity index (χ0v) is 11.1. The maximum absolute atomic E-state index is 12.0. The topological polar surface area (TPSA) is 61.4 Å². The molecule has 2 fully saturated rings. The highest BCUT2D eigenvalue weighted by Gasteiger charge is 2.28. The molecule has 2 N–H and O–H groups in total. The molecule has 1 aliphatic carbocycles. The van der Waals surface area contributed by atoms with Gasteiger partial charge in [-0.1, -0.05) is 6.42 Å². The van der Waals surface area contributed by atoms with Crippen LogP contribution < -0.4 is 10.6 Å². The van der Waals surface area contributed by atoms with E-state index in [9.17, 15) is 9.59 Å². The predicted molar refractivity (Wildman–Crippen MR) is 69.0 cm³/mol. The first-order valence-corrected chi connectivity index (χ1v) is 6.99. The molecule has 0 aromatic heterocycles. The van der Waals surface area contributed by atoms with Gasteiger partial charge < -0.3 is 15.5 Å². The van der Waals surface area contributed by atoms with Crippen molar-refractivity contribution in [3.8, 4) is 0 Å². The quantitative estimate of drug-likeness (QED) is 0.687. The number of carbonyl (C=O) groups excluding carboxylic acids is 2. The van der Waals surface area contributed by atoms with Crippen LogP contribution >= 0.6 is 0 Å². The van der Waals surface area contributed by atoms with Gasteiger partial charge in [-0.05, 0) is 38.6 Å². The third-order valence-electron chi connectivity index (χ3n) is 4.04. The van der Waals surface area contributed by atoms with Gasteiger partial charge in [-0.15, -0.1) is 0 Å². The lowest BCUT2D eigenvalue weighted by Crippen LogP contribution is -2.49. The van der Waals surface area contributed by atoms with Crippen LogP contribution in [0.2, 0.25) is 0 Å². The van der Waals surface area contributed by atoms with Crippen molar-refractivity contribution >= 4 is 11.8 Å². The molecule has 0 bridgehead atoms. The number of hydrogen-bond donors (Lipinski definition) is 2. The van der Waals surface area contributed by atoms with Crippen molar-refractivity contribution in [2.75, 3.05) is 26.2 Å². The fraction of sp³-hybridized carbons (Fsp3) is 0.846. The molecule has 1 saturated heterocycles. The number of nitrogens with one attached hydrogen (secondary N) is 2. The summed E-state index contributed by atoms with van der Waals surface area (Å²) >= 11 is 0. The van der Waals surface area contributed by atoms with Crippen LogP contribution in [-0.2, 0) is 9.59 Å². The van der Waals surface area contributed by atoms with E-state index in [2.05, 4.69) is 10.6 Å². The van der Waals surface area contributed by atoms with Crippen LogP contribution in [0.3, 0.4) is 0 Å². The lowest BCUT2D eigenvalue weighted by Gasteiger charge is -2.32. The monoisotopic (exact) mass is 253 g/mol. The summed E-state index contributed by atoms with van der Waals surface area (Å²) in [6.07, 6.45) is 4.50. The lowest BCUT2D eigenvalue weighted by atomic mass is 9.80. The zero-order chi connectivity index (χ0) is 13.0. The molecular formula is C13H23N3O2. The van der Waals surface area contributed by atoms with Gasteiger partial charge in [0.25, 0.3) is 0 Å². The Morgan fingerprint density at radius 3 is 2.67 bits per heavy atom. The SMILES string of the molecule is CC(NC(=O)C(=O)N1CCCNCC1)C1CCC1. The second kappa shape index (κ2) is 6.18. The fourth-order valence-electron chi connectivity index (χ4n) is 2.52. The molecular weight excluding hydrogens is 230 g/mol. The first-order valence-electron chi connectivity index (χ1n) is 6.99. The van der Waals surface area contributed by atoms with E-state index in [0.29, 0.717) is 19.0 Å². The van der Waals surface area contributed by atoms with Gasteiger partial charge in [0, 0.05) is 25.7 Å². The van der Waals surface area contributed by atoms with Crippen molar-refractivity contribution in [2.45, 2.75) is 38.6 Å². The van der Waals surface area contributed by atoms with Gasteiger partial charge in [-0.25, -0.2) is 0 Å². The largest absolute Gasteiger partial charge is 0.345 e. The van der Waals surface area contributed by atoms with Crippen LogP contribution in [0.4, 0.5) is 0 Å². The molecule has 1 heterocycles. The zero-order valence-electron chi connectivity index (χ0n) is 11.1. The highest BCUT2D eigenvalue weighted by Crippen LogP contribution is 2.29. The normalized spacial score (nSPS) is 22.8. The van der Waals surface area contributed by atoms with Crippen molar-refractivity contribution in [1.29, 1.82) is 0 Å². The molecule has 1 unspecified atom stereocenters. The van der Waals surface area contributed by atoms with Gasteiger partial charge in [-0.3, -0.25) is 9.59 Å². The lowest BCUT2D eigenvalue weighted by molar-refractivity contribution is -0.146. The van der Waals surface area contributed by atoms with Crippen LogP contribution in [0.25, 0.3) is 0 Å². The number of nitrogens with zero attached hydrogens (tertiary/aromatic N) is 1. The first kappa shape index (κ1) is 13.3. The van der Waals surface area contributed by atoms with Gasteiger partial charge in [0.2, 0.25) is 0 Å². The van der Waals surface area contributed by atoms with E-state index in [1.54, 1.807) is 4.90 Å². The molecule has 2 amide bonds. The van der Waals surface area contributed by atoms with Gasteiger partial charge in [0.1, 0.15) is 0 Å². The summed E-state index contributed by atoms with van der Waals surface area (Å²) in [5.74, 6) is -0.242. The maximum atomic E-state index is 12.0. The van der Waals surface area contributed by atoms with Gasteiger partial charge in [0.05, 0.1) is 0 Å². The van der Waals surface area contributed by atoms with Gasteiger partial charge in [0.15, 0.2) is 0 Å². The summed E-state index contributed by atoms with van der Waals surface area (Å²) in [4.78, 5) is 25.5. The average Bonchev–Trinajstić information content (AvgIpc) is 2.53. The van der Waals surface area contributed by atoms with E-state index in [-0.39, 0.29) is 11.9 Å². The number of carbonyl (C=O) groups is 2. The maximum Gasteiger partial charge on any atom is 0.311 e. The molecule has 1 atom stereocenters. The second-order valence-electron chi connectivity index (χ2n) is 5.35. The molecule has 0 radical (unpaired) electrons. The third kappa shape index (κ3) is 3.22. The Bertz CT molecular complexity index is 307. The van der Waals surface area contributed by atoms with Crippen LogP contribution in [0.15, 0.2) is 0 Å². The summed E-state index contributed by atoms with van der Waals surface area (Å²) in [6, 6.07) is 0.125. The Labute approximate surface area is 108 Å². The van der Waals surface area contributed by atoms with Crippen molar-refractivity contribution in [1.82, 2.24) is 15.5 Å². The summed E-state index contributed by atoms with van der Waals surface area (Å²) in [7, 11) is 0. The average molecular weight is 253 g/mol. The van der Waals surface area contributed by atoms with Gasteiger partial charge >= 0.3 is 11.8 Å². The van der Waals surface area contributed by atoms with Crippen LogP contribution in [0, 0.1) is 5.92 Å². The molecule has 102 valence electrons. The summed E-state index contributed by atoms with van der Waals surface area (Å²) in [6.45, 7) is 5.00. The molecule has 1 aliphatic heterocycles.